The number of methoxy groups -OCH3 is 1. The molecule has 0 amide bonds. The maximum absolute atomic E-state index is 8.97. The van der Waals surface area contributed by atoms with Crippen LogP contribution in [0.3, 0.4) is 0 Å². The zero-order valence-electron chi connectivity index (χ0n) is 10.1. The average Bonchev–Trinajstić information content (AvgIpc) is 2.84. The van der Waals surface area contributed by atoms with E-state index in [1.165, 1.54) is 0 Å². The Morgan fingerprint density at radius 2 is 2.29 bits per heavy atom. The Balaban J connectivity index is 1.91. The first-order chi connectivity index (χ1) is 8.33. The van der Waals surface area contributed by atoms with Crippen LogP contribution < -0.4 is 4.74 Å². The molecule has 0 N–H and O–H groups in total. The van der Waals surface area contributed by atoms with Crippen molar-refractivity contribution in [2.45, 2.75) is 32.0 Å². The number of ether oxygens (including phenoxy) is 2. The van der Waals surface area contributed by atoms with Gasteiger partial charge in [-0.2, -0.15) is 5.26 Å². The largest absolute Gasteiger partial charge is 0.497 e. The van der Waals surface area contributed by atoms with Crippen molar-refractivity contribution in [2.75, 3.05) is 7.11 Å². The molecule has 1 aromatic carbocycles. The third-order valence-corrected chi connectivity index (χ3v) is 3.22. The standard InChI is InChI=1S/C14H17NO2/c1-16-13-6-2-4-11(8-13)10-17-14-7-3-5-12(14)9-15/h2,4,6,8,12,14H,3,5,7,10H2,1H3. The molecule has 90 valence electrons. The van der Waals surface area contributed by atoms with Crippen LogP contribution in [-0.2, 0) is 11.3 Å². The molecular weight excluding hydrogens is 214 g/mol. The summed E-state index contributed by atoms with van der Waals surface area (Å²) in [6, 6.07) is 10.2. The SMILES string of the molecule is COc1cccc(COC2CCCC2C#N)c1. The smallest absolute Gasteiger partial charge is 0.119 e. The van der Waals surface area contributed by atoms with Crippen molar-refractivity contribution in [2.24, 2.45) is 5.92 Å². The second-order valence-corrected chi connectivity index (χ2v) is 4.37. The van der Waals surface area contributed by atoms with Gasteiger partial charge in [0.25, 0.3) is 0 Å². The topological polar surface area (TPSA) is 42.2 Å². The third kappa shape index (κ3) is 2.98. The van der Waals surface area contributed by atoms with Gasteiger partial charge in [-0.25, -0.2) is 0 Å². The molecule has 0 bridgehead atoms. The van der Waals surface area contributed by atoms with E-state index in [9.17, 15) is 0 Å². The molecule has 0 heterocycles. The van der Waals surface area contributed by atoms with E-state index in [0.717, 1.165) is 30.6 Å². The van der Waals surface area contributed by atoms with E-state index in [1.807, 2.05) is 24.3 Å². The highest BCUT2D eigenvalue weighted by Gasteiger charge is 2.27. The van der Waals surface area contributed by atoms with Crippen molar-refractivity contribution >= 4 is 0 Å². The average molecular weight is 231 g/mol. The Morgan fingerprint density at radius 3 is 3.06 bits per heavy atom. The predicted molar refractivity (Wildman–Crippen MR) is 64.5 cm³/mol. The first-order valence-electron chi connectivity index (χ1n) is 5.97. The van der Waals surface area contributed by atoms with Gasteiger partial charge in [-0.05, 0) is 37.0 Å². The summed E-state index contributed by atoms with van der Waals surface area (Å²) in [6.07, 6.45) is 3.17. The number of nitriles is 1. The van der Waals surface area contributed by atoms with Crippen LogP contribution in [-0.4, -0.2) is 13.2 Å². The fourth-order valence-corrected chi connectivity index (χ4v) is 2.24. The second kappa shape index (κ2) is 5.70. The quantitative estimate of drug-likeness (QED) is 0.800. The molecule has 0 radical (unpaired) electrons. The van der Waals surface area contributed by atoms with Crippen LogP contribution in [0.15, 0.2) is 24.3 Å². The minimum Gasteiger partial charge on any atom is -0.497 e. The molecule has 1 aliphatic carbocycles. The molecular formula is C14H17NO2. The summed E-state index contributed by atoms with van der Waals surface area (Å²) in [5.41, 5.74) is 1.09. The van der Waals surface area contributed by atoms with Crippen molar-refractivity contribution in [3.8, 4) is 11.8 Å². The third-order valence-electron chi connectivity index (χ3n) is 3.22. The van der Waals surface area contributed by atoms with Gasteiger partial charge in [0.15, 0.2) is 0 Å². The van der Waals surface area contributed by atoms with Gasteiger partial charge < -0.3 is 9.47 Å². The molecule has 2 rings (SSSR count). The minimum atomic E-state index is 0.0700. The van der Waals surface area contributed by atoms with Gasteiger partial charge in [0, 0.05) is 0 Å². The van der Waals surface area contributed by atoms with Crippen LogP contribution in [0, 0.1) is 17.2 Å². The highest BCUT2D eigenvalue weighted by Crippen LogP contribution is 2.28. The van der Waals surface area contributed by atoms with E-state index >= 15 is 0 Å². The maximum Gasteiger partial charge on any atom is 0.119 e. The monoisotopic (exact) mass is 231 g/mol. The predicted octanol–water partition coefficient (Wildman–Crippen LogP) is 2.90. The van der Waals surface area contributed by atoms with E-state index in [-0.39, 0.29) is 12.0 Å². The van der Waals surface area contributed by atoms with Gasteiger partial charge in [-0.15, -0.1) is 0 Å². The lowest BCUT2D eigenvalue weighted by Gasteiger charge is -2.14. The molecule has 1 saturated carbocycles. The highest BCUT2D eigenvalue weighted by molar-refractivity contribution is 5.27. The van der Waals surface area contributed by atoms with E-state index in [1.54, 1.807) is 7.11 Å². The summed E-state index contributed by atoms with van der Waals surface area (Å²) in [4.78, 5) is 0. The van der Waals surface area contributed by atoms with Gasteiger partial charge in [0.05, 0.1) is 31.8 Å². The lowest BCUT2D eigenvalue weighted by Crippen LogP contribution is -2.16. The van der Waals surface area contributed by atoms with Crippen LogP contribution in [0.2, 0.25) is 0 Å². The van der Waals surface area contributed by atoms with Crippen LogP contribution in [0.25, 0.3) is 0 Å². The Morgan fingerprint density at radius 1 is 1.41 bits per heavy atom. The summed E-state index contributed by atoms with van der Waals surface area (Å²) in [6.45, 7) is 0.556. The van der Waals surface area contributed by atoms with E-state index < -0.39 is 0 Å². The summed E-state index contributed by atoms with van der Waals surface area (Å²) >= 11 is 0. The van der Waals surface area contributed by atoms with Crippen LogP contribution in [0.4, 0.5) is 0 Å². The second-order valence-electron chi connectivity index (χ2n) is 4.37. The lowest BCUT2D eigenvalue weighted by molar-refractivity contribution is 0.0290. The molecule has 2 atom stereocenters. The summed E-state index contributed by atoms with van der Waals surface area (Å²) in [7, 11) is 1.66. The Kier molecular flexibility index (Phi) is 4.00. The summed E-state index contributed by atoms with van der Waals surface area (Å²) in [5, 5.41) is 8.97. The molecule has 0 aromatic heterocycles. The number of benzene rings is 1. The fourth-order valence-electron chi connectivity index (χ4n) is 2.24. The normalized spacial score (nSPS) is 23.3. The number of nitrogens with zero attached hydrogens (tertiary/aromatic N) is 1. The van der Waals surface area contributed by atoms with Crippen molar-refractivity contribution in [1.29, 1.82) is 5.26 Å². The van der Waals surface area contributed by atoms with Gasteiger partial charge in [-0.1, -0.05) is 12.1 Å². The maximum atomic E-state index is 8.97. The molecule has 1 aliphatic rings. The van der Waals surface area contributed by atoms with Crippen LogP contribution in [0.1, 0.15) is 24.8 Å². The van der Waals surface area contributed by atoms with Crippen LogP contribution >= 0.6 is 0 Å². The molecule has 17 heavy (non-hydrogen) atoms. The lowest BCUT2D eigenvalue weighted by atomic mass is 10.1. The van der Waals surface area contributed by atoms with E-state index in [4.69, 9.17) is 14.7 Å². The van der Waals surface area contributed by atoms with Crippen LogP contribution in [0.5, 0.6) is 5.75 Å². The molecule has 2 unspecified atom stereocenters. The number of rotatable bonds is 4. The minimum absolute atomic E-state index is 0.0700. The van der Waals surface area contributed by atoms with Gasteiger partial charge >= 0.3 is 0 Å². The Hall–Kier alpha value is -1.53. The summed E-state index contributed by atoms with van der Waals surface area (Å²) < 4.78 is 11.0. The molecule has 0 saturated heterocycles. The Bertz CT molecular complexity index is 411. The van der Waals surface area contributed by atoms with Gasteiger partial charge in [-0.3, -0.25) is 0 Å². The van der Waals surface area contributed by atoms with E-state index in [0.29, 0.717) is 6.61 Å². The first-order valence-corrected chi connectivity index (χ1v) is 5.97. The van der Waals surface area contributed by atoms with Crippen molar-refractivity contribution in [3.63, 3.8) is 0 Å². The van der Waals surface area contributed by atoms with Gasteiger partial charge in [0.1, 0.15) is 5.75 Å². The zero-order valence-corrected chi connectivity index (χ0v) is 10.1. The fraction of sp³-hybridized carbons (Fsp3) is 0.500. The van der Waals surface area contributed by atoms with Crippen molar-refractivity contribution < 1.29 is 9.47 Å². The van der Waals surface area contributed by atoms with E-state index in [2.05, 4.69) is 6.07 Å². The van der Waals surface area contributed by atoms with Gasteiger partial charge in [0.2, 0.25) is 0 Å². The molecule has 3 heteroatoms. The molecule has 1 aromatic rings. The molecule has 3 nitrogen and oxygen atoms in total. The van der Waals surface area contributed by atoms with Crippen molar-refractivity contribution in [3.05, 3.63) is 29.8 Å². The number of hydrogen-bond donors (Lipinski definition) is 0. The zero-order chi connectivity index (χ0) is 12.1. The first kappa shape index (κ1) is 11.9. The van der Waals surface area contributed by atoms with Crippen molar-refractivity contribution in [1.82, 2.24) is 0 Å². The summed E-state index contributed by atoms with van der Waals surface area (Å²) in [5.74, 6) is 0.912. The Labute approximate surface area is 102 Å². The highest BCUT2D eigenvalue weighted by atomic mass is 16.5. The molecule has 0 spiro atoms. The molecule has 1 fully saturated rings. The number of hydrogen-bond acceptors (Lipinski definition) is 3. The molecule has 0 aliphatic heterocycles.